The van der Waals surface area contributed by atoms with Crippen molar-refractivity contribution in [1.82, 2.24) is 10.3 Å². The summed E-state index contributed by atoms with van der Waals surface area (Å²) < 4.78 is 0. The Morgan fingerprint density at radius 2 is 2.00 bits per heavy atom. The average molecular weight is 243 g/mol. The van der Waals surface area contributed by atoms with Crippen molar-refractivity contribution in [3.63, 3.8) is 0 Å². The van der Waals surface area contributed by atoms with E-state index in [4.69, 9.17) is 0 Å². The van der Waals surface area contributed by atoms with Gasteiger partial charge in [0, 0.05) is 19.0 Å². The molecule has 0 radical (unpaired) electrons. The highest BCUT2D eigenvalue weighted by Crippen LogP contribution is 2.20. The fraction of sp³-hybridized carbons (Fsp3) is 0.400. The highest BCUT2D eigenvalue weighted by atomic mass is 15.0. The van der Waals surface area contributed by atoms with Gasteiger partial charge in [-0.3, -0.25) is 0 Å². The van der Waals surface area contributed by atoms with Gasteiger partial charge in [0.1, 0.15) is 5.82 Å². The molecule has 0 saturated carbocycles. The maximum Gasteiger partial charge on any atom is 0.126 e. The standard InChI is InChI=1S/C15H21N3/c1-11(2)9-17-10-12-8-15(16-3)18-14-7-5-4-6-13(12)14/h4-8,11,17H,9-10H2,1-3H3,(H,16,18). The van der Waals surface area contributed by atoms with Crippen molar-refractivity contribution < 1.29 is 0 Å². The van der Waals surface area contributed by atoms with E-state index in [9.17, 15) is 0 Å². The van der Waals surface area contributed by atoms with Crippen LogP contribution in [0.1, 0.15) is 19.4 Å². The van der Waals surface area contributed by atoms with E-state index in [1.165, 1.54) is 10.9 Å². The Morgan fingerprint density at radius 3 is 2.72 bits per heavy atom. The van der Waals surface area contributed by atoms with E-state index >= 15 is 0 Å². The molecule has 2 N–H and O–H groups in total. The number of hydrogen-bond acceptors (Lipinski definition) is 3. The molecule has 0 spiro atoms. The third-order valence-electron chi connectivity index (χ3n) is 2.93. The van der Waals surface area contributed by atoms with Crippen molar-refractivity contribution in [2.45, 2.75) is 20.4 Å². The zero-order valence-electron chi connectivity index (χ0n) is 11.3. The van der Waals surface area contributed by atoms with E-state index in [0.717, 1.165) is 24.4 Å². The first kappa shape index (κ1) is 12.8. The molecule has 0 saturated heterocycles. The maximum absolute atomic E-state index is 4.56. The van der Waals surface area contributed by atoms with Crippen LogP contribution in [-0.2, 0) is 6.54 Å². The van der Waals surface area contributed by atoms with Gasteiger partial charge < -0.3 is 10.6 Å². The molecule has 3 heteroatoms. The van der Waals surface area contributed by atoms with Crippen molar-refractivity contribution >= 4 is 16.7 Å². The second-order valence-electron chi connectivity index (χ2n) is 4.96. The molecule has 0 aliphatic carbocycles. The maximum atomic E-state index is 4.56. The largest absolute Gasteiger partial charge is 0.373 e. The van der Waals surface area contributed by atoms with Gasteiger partial charge in [-0.05, 0) is 30.2 Å². The summed E-state index contributed by atoms with van der Waals surface area (Å²) in [5, 5.41) is 7.84. The summed E-state index contributed by atoms with van der Waals surface area (Å²) in [5.41, 5.74) is 2.34. The highest BCUT2D eigenvalue weighted by Gasteiger charge is 2.04. The van der Waals surface area contributed by atoms with Crippen LogP contribution in [0, 0.1) is 5.92 Å². The fourth-order valence-corrected chi connectivity index (χ4v) is 2.02. The van der Waals surface area contributed by atoms with Gasteiger partial charge >= 0.3 is 0 Å². The Balaban J connectivity index is 2.29. The Bertz CT molecular complexity index is 520. The van der Waals surface area contributed by atoms with Crippen LogP contribution in [0.3, 0.4) is 0 Å². The van der Waals surface area contributed by atoms with Crippen molar-refractivity contribution in [3.05, 3.63) is 35.9 Å². The lowest BCUT2D eigenvalue weighted by Gasteiger charge is -2.11. The first-order valence-corrected chi connectivity index (χ1v) is 6.48. The monoisotopic (exact) mass is 243 g/mol. The van der Waals surface area contributed by atoms with Crippen LogP contribution in [-0.4, -0.2) is 18.6 Å². The lowest BCUT2D eigenvalue weighted by atomic mass is 10.1. The van der Waals surface area contributed by atoms with Crippen LogP contribution >= 0.6 is 0 Å². The molecule has 0 unspecified atom stereocenters. The molecule has 1 aromatic heterocycles. The number of rotatable bonds is 5. The first-order valence-electron chi connectivity index (χ1n) is 6.48. The zero-order chi connectivity index (χ0) is 13.0. The van der Waals surface area contributed by atoms with Gasteiger partial charge in [0.15, 0.2) is 0 Å². The van der Waals surface area contributed by atoms with Crippen molar-refractivity contribution in [1.29, 1.82) is 0 Å². The summed E-state index contributed by atoms with van der Waals surface area (Å²) in [4.78, 5) is 4.56. The van der Waals surface area contributed by atoms with Gasteiger partial charge in [0.2, 0.25) is 0 Å². The summed E-state index contributed by atoms with van der Waals surface area (Å²) in [7, 11) is 1.91. The molecule has 1 aromatic carbocycles. The molecule has 0 aliphatic rings. The lowest BCUT2D eigenvalue weighted by Crippen LogP contribution is -2.19. The Hall–Kier alpha value is -1.61. The predicted molar refractivity (Wildman–Crippen MR) is 77.8 cm³/mol. The molecule has 18 heavy (non-hydrogen) atoms. The van der Waals surface area contributed by atoms with Crippen molar-refractivity contribution in [2.24, 2.45) is 5.92 Å². The van der Waals surface area contributed by atoms with Crippen LogP contribution in [0.15, 0.2) is 30.3 Å². The van der Waals surface area contributed by atoms with Gasteiger partial charge in [-0.25, -0.2) is 4.98 Å². The minimum atomic E-state index is 0.668. The highest BCUT2D eigenvalue weighted by molar-refractivity contribution is 5.83. The molecular formula is C15H21N3. The Labute approximate surface area is 109 Å². The van der Waals surface area contributed by atoms with Gasteiger partial charge in [0.05, 0.1) is 5.52 Å². The zero-order valence-corrected chi connectivity index (χ0v) is 11.3. The van der Waals surface area contributed by atoms with E-state index in [2.05, 4.69) is 53.7 Å². The smallest absolute Gasteiger partial charge is 0.126 e. The molecule has 96 valence electrons. The molecule has 2 aromatic rings. The molecular weight excluding hydrogens is 222 g/mol. The molecule has 0 amide bonds. The molecule has 1 heterocycles. The fourth-order valence-electron chi connectivity index (χ4n) is 2.02. The van der Waals surface area contributed by atoms with Gasteiger partial charge in [0.25, 0.3) is 0 Å². The SMILES string of the molecule is CNc1cc(CNCC(C)C)c2ccccc2n1. The number of pyridine rings is 1. The number of para-hydroxylation sites is 1. The lowest BCUT2D eigenvalue weighted by molar-refractivity contribution is 0.553. The van der Waals surface area contributed by atoms with Crippen LogP contribution < -0.4 is 10.6 Å². The third kappa shape index (κ3) is 2.99. The van der Waals surface area contributed by atoms with E-state index in [-0.39, 0.29) is 0 Å². The van der Waals surface area contributed by atoms with Gasteiger partial charge in [-0.2, -0.15) is 0 Å². The Morgan fingerprint density at radius 1 is 1.22 bits per heavy atom. The minimum Gasteiger partial charge on any atom is -0.373 e. The summed E-state index contributed by atoms with van der Waals surface area (Å²) in [5.74, 6) is 1.59. The van der Waals surface area contributed by atoms with Crippen molar-refractivity contribution in [2.75, 3.05) is 18.9 Å². The molecule has 0 fully saturated rings. The Kier molecular flexibility index (Phi) is 4.15. The number of benzene rings is 1. The molecule has 3 nitrogen and oxygen atoms in total. The second kappa shape index (κ2) is 5.83. The van der Waals surface area contributed by atoms with Crippen LogP contribution in [0.25, 0.3) is 10.9 Å². The summed E-state index contributed by atoms with van der Waals surface area (Å²) in [6, 6.07) is 10.4. The number of nitrogens with one attached hydrogen (secondary N) is 2. The molecule has 0 bridgehead atoms. The van der Waals surface area contributed by atoms with E-state index in [1.54, 1.807) is 0 Å². The summed E-state index contributed by atoms with van der Waals surface area (Å²) in [6.45, 7) is 6.36. The normalized spacial score (nSPS) is 11.1. The molecule has 0 aliphatic heterocycles. The number of nitrogens with zero attached hydrogens (tertiary/aromatic N) is 1. The van der Waals surface area contributed by atoms with Crippen LogP contribution in [0.5, 0.6) is 0 Å². The van der Waals surface area contributed by atoms with Gasteiger partial charge in [-0.1, -0.05) is 32.0 Å². The average Bonchev–Trinajstić information content (AvgIpc) is 2.38. The number of aromatic nitrogens is 1. The van der Waals surface area contributed by atoms with E-state index < -0.39 is 0 Å². The predicted octanol–water partition coefficient (Wildman–Crippen LogP) is 3.02. The number of fused-ring (bicyclic) bond motifs is 1. The van der Waals surface area contributed by atoms with Crippen molar-refractivity contribution in [3.8, 4) is 0 Å². The van der Waals surface area contributed by atoms with Crippen LogP contribution in [0.2, 0.25) is 0 Å². The van der Waals surface area contributed by atoms with Crippen LogP contribution in [0.4, 0.5) is 5.82 Å². The summed E-state index contributed by atoms with van der Waals surface area (Å²) >= 11 is 0. The quantitative estimate of drug-likeness (QED) is 0.847. The second-order valence-corrected chi connectivity index (χ2v) is 4.96. The third-order valence-corrected chi connectivity index (χ3v) is 2.93. The molecule has 2 rings (SSSR count). The summed E-state index contributed by atoms with van der Waals surface area (Å²) in [6.07, 6.45) is 0. The number of hydrogen-bond donors (Lipinski definition) is 2. The topological polar surface area (TPSA) is 37.0 Å². The minimum absolute atomic E-state index is 0.668. The first-order chi connectivity index (χ1) is 8.70. The number of anilines is 1. The van der Waals surface area contributed by atoms with E-state index in [0.29, 0.717) is 5.92 Å². The van der Waals surface area contributed by atoms with E-state index in [1.807, 2.05) is 13.1 Å². The molecule has 0 atom stereocenters. The van der Waals surface area contributed by atoms with Gasteiger partial charge in [-0.15, -0.1) is 0 Å².